The van der Waals surface area contributed by atoms with Gasteiger partial charge in [-0.2, -0.15) is 4.99 Å². The zero-order valence-corrected chi connectivity index (χ0v) is 13.0. The lowest BCUT2D eigenvalue weighted by Gasteiger charge is -2.13. The predicted molar refractivity (Wildman–Crippen MR) is 88.2 cm³/mol. The first-order valence-corrected chi connectivity index (χ1v) is 6.88. The van der Waals surface area contributed by atoms with Crippen LogP contribution in [0, 0.1) is 6.92 Å². The molecule has 0 radical (unpaired) electrons. The van der Waals surface area contributed by atoms with E-state index >= 15 is 0 Å². The predicted octanol–water partition coefficient (Wildman–Crippen LogP) is 4.08. The molecular formula is C16H15N5O2. The minimum atomic E-state index is -0.568. The molecule has 1 aliphatic rings. The number of aryl methyl sites for hydroxylation is 1. The van der Waals surface area contributed by atoms with Gasteiger partial charge in [-0.15, -0.1) is 0 Å². The molecule has 0 saturated heterocycles. The number of carbonyl (C=O) groups excluding carboxylic acids is 2. The number of Topliss-reactive ketones (excluding diaryl/α,β-unsaturated/α-hetero) is 1. The SMILES string of the molecule is CC1=CC(=NC(=O)Nc2ccc(C)cc2)C(C)=C(N=[N+]=[N-])C1=O. The summed E-state index contributed by atoms with van der Waals surface area (Å²) in [5.41, 5.74) is 11.3. The number of anilines is 1. The number of allylic oxidation sites excluding steroid dienone is 3. The van der Waals surface area contributed by atoms with Crippen LogP contribution >= 0.6 is 0 Å². The molecule has 0 spiro atoms. The quantitative estimate of drug-likeness (QED) is 0.384. The van der Waals surface area contributed by atoms with E-state index in [9.17, 15) is 9.59 Å². The van der Waals surface area contributed by atoms with Crippen molar-refractivity contribution in [2.24, 2.45) is 10.1 Å². The van der Waals surface area contributed by atoms with E-state index in [0.717, 1.165) is 5.56 Å². The normalized spacial score (nSPS) is 16.0. The van der Waals surface area contributed by atoms with Crippen molar-refractivity contribution in [1.29, 1.82) is 0 Å². The number of ketones is 1. The van der Waals surface area contributed by atoms with Gasteiger partial charge in [0.15, 0.2) is 5.78 Å². The molecule has 1 aliphatic carbocycles. The van der Waals surface area contributed by atoms with Crippen molar-refractivity contribution in [3.05, 3.63) is 63.2 Å². The summed E-state index contributed by atoms with van der Waals surface area (Å²) >= 11 is 0. The van der Waals surface area contributed by atoms with Gasteiger partial charge in [-0.25, -0.2) is 4.79 Å². The van der Waals surface area contributed by atoms with E-state index < -0.39 is 6.03 Å². The fraction of sp³-hybridized carbons (Fsp3) is 0.188. The lowest BCUT2D eigenvalue weighted by Crippen LogP contribution is -2.18. The third-order valence-corrected chi connectivity index (χ3v) is 3.34. The topological polar surface area (TPSA) is 107 Å². The van der Waals surface area contributed by atoms with Gasteiger partial charge in [0.25, 0.3) is 0 Å². The maximum Gasteiger partial charge on any atom is 0.345 e. The molecule has 0 bridgehead atoms. The van der Waals surface area contributed by atoms with Crippen LogP contribution in [0.5, 0.6) is 0 Å². The lowest BCUT2D eigenvalue weighted by molar-refractivity contribution is -0.112. The van der Waals surface area contributed by atoms with Crippen LogP contribution in [-0.4, -0.2) is 17.5 Å². The van der Waals surface area contributed by atoms with E-state index in [1.165, 1.54) is 6.08 Å². The zero-order valence-electron chi connectivity index (χ0n) is 13.0. The van der Waals surface area contributed by atoms with Gasteiger partial charge in [0, 0.05) is 10.6 Å². The van der Waals surface area contributed by atoms with E-state index in [1.807, 2.05) is 19.1 Å². The molecule has 0 saturated carbocycles. The van der Waals surface area contributed by atoms with Crippen LogP contribution in [0.3, 0.4) is 0 Å². The van der Waals surface area contributed by atoms with Crippen LogP contribution < -0.4 is 5.32 Å². The van der Waals surface area contributed by atoms with E-state index in [1.54, 1.807) is 26.0 Å². The Kier molecular flexibility index (Phi) is 4.73. The summed E-state index contributed by atoms with van der Waals surface area (Å²) in [4.78, 5) is 30.6. The summed E-state index contributed by atoms with van der Waals surface area (Å²) in [5, 5.41) is 6.05. The number of rotatable bonds is 2. The van der Waals surface area contributed by atoms with Crippen LogP contribution in [0.1, 0.15) is 19.4 Å². The Morgan fingerprint density at radius 1 is 1.17 bits per heavy atom. The highest BCUT2D eigenvalue weighted by molar-refractivity contribution is 6.25. The monoisotopic (exact) mass is 309 g/mol. The smallest absolute Gasteiger partial charge is 0.306 e. The molecule has 1 aromatic carbocycles. The van der Waals surface area contributed by atoms with Gasteiger partial charge in [0.2, 0.25) is 0 Å². The van der Waals surface area contributed by atoms with Crippen LogP contribution in [0.15, 0.2) is 57.3 Å². The number of hydrogen-bond donors (Lipinski definition) is 1. The van der Waals surface area contributed by atoms with Gasteiger partial charge in [-0.3, -0.25) is 4.79 Å². The van der Waals surface area contributed by atoms with Gasteiger partial charge in [-0.1, -0.05) is 22.8 Å². The Morgan fingerprint density at radius 3 is 2.43 bits per heavy atom. The third kappa shape index (κ3) is 3.72. The first-order valence-electron chi connectivity index (χ1n) is 6.88. The summed E-state index contributed by atoms with van der Waals surface area (Å²) in [7, 11) is 0. The number of urea groups is 1. The van der Waals surface area contributed by atoms with Crippen LogP contribution in [0.2, 0.25) is 0 Å². The van der Waals surface area contributed by atoms with E-state index in [0.29, 0.717) is 22.5 Å². The Hall–Kier alpha value is -3.18. The molecule has 0 atom stereocenters. The average molecular weight is 309 g/mol. The summed E-state index contributed by atoms with van der Waals surface area (Å²) in [6.45, 7) is 5.11. The van der Waals surface area contributed by atoms with Gasteiger partial charge in [0.1, 0.15) is 0 Å². The van der Waals surface area contributed by atoms with E-state index in [2.05, 4.69) is 20.3 Å². The summed E-state index contributed by atoms with van der Waals surface area (Å²) in [6.07, 6.45) is 1.50. The van der Waals surface area contributed by atoms with Crippen molar-refractivity contribution in [3.63, 3.8) is 0 Å². The van der Waals surface area contributed by atoms with Crippen LogP contribution in [0.4, 0.5) is 10.5 Å². The molecule has 2 rings (SSSR count). The second-order valence-electron chi connectivity index (χ2n) is 5.11. The molecule has 7 nitrogen and oxygen atoms in total. The second-order valence-corrected chi connectivity index (χ2v) is 5.11. The first kappa shape index (κ1) is 16.2. The van der Waals surface area contributed by atoms with Crippen LogP contribution in [0.25, 0.3) is 10.4 Å². The van der Waals surface area contributed by atoms with Crippen molar-refractivity contribution in [3.8, 4) is 0 Å². The summed E-state index contributed by atoms with van der Waals surface area (Å²) in [5.74, 6) is -0.363. The molecule has 7 heteroatoms. The number of aliphatic imine (C=N–C) groups is 1. The lowest BCUT2D eigenvalue weighted by atomic mass is 9.95. The summed E-state index contributed by atoms with van der Waals surface area (Å²) in [6, 6.07) is 6.72. The number of hydrogen-bond acceptors (Lipinski definition) is 3. The van der Waals surface area contributed by atoms with Crippen molar-refractivity contribution in [2.45, 2.75) is 20.8 Å². The Bertz CT molecular complexity index is 809. The average Bonchev–Trinajstić information content (AvgIpc) is 2.51. The van der Waals surface area contributed by atoms with Gasteiger partial charge in [-0.05, 0) is 55.7 Å². The minimum absolute atomic E-state index is 0.0330. The number of nitrogens with one attached hydrogen (secondary N) is 1. The first-order chi connectivity index (χ1) is 10.9. The molecular weight excluding hydrogens is 294 g/mol. The van der Waals surface area contributed by atoms with Gasteiger partial charge >= 0.3 is 6.03 Å². The Balaban J connectivity index is 2.29. The maximum absolute atomic E-state index is 12.0. The highest BCUT2D eigenvalue weighted by Crippen LogP contribution is 2.21. The molecule has 116 valence electrons. The molecule has 1 N–H and O–H groups in total. The minimum Gasteiger partial charge on any atom is -0.306 e. The van der Waals surface area contributed by atoms with Crippen molar-refractivity contribution >= 4 is 23.2 Å². The number of amides is 2. The van der Waals surface area contributed by atoms with Gasteiger partial charge in [0.05, 0.1) is 11.4 Å². The highest BCUT2D eigenvalue weighted by atomic mass is 16.2. The highest BCUT2D eigenvalue weighted by Gasteiger charge is 2.22. The van der Waals surface area contributed by atoms with E-state index in [4.69, 9.17) is 5.53 Å². The van der Waals surface area contributed by atoms with Crippen LogP contribution in [-0.2, 0) is 4.79 Å². The molecule has 0 fully saturated rings. The zero-order chi connectivity index (χ0) is 17.0. The molecule has 0 heterocycles. The molecule has 0 unspecified atom stereocenters. The molecule has 1 aromatic rings. The van der Waals surface area contributed by atoms with E-state index in [-0.39, 0.29) is 11.5 Å². The van der Waals surface area contributed by atoms with Gasteiger partial charge < -0.3 is 5.32 Å². The Labute approximate surface area is 133 Å². The van der Waals surface area contributed by atoms with Crippen molar-refractivity contribution in [2.75, 3.05) is 5.32 Å². The molecule has 2 amide bonds. The number of benzene rings is 1. The summed E-state index contributed by atoms with van der Waals surface area (Å²) < 4.78 is 0. The Morgan fingerprint density at radius 2 is 1.83 bits per heavy atom. The number of carbonyl (C=O) groups is 2. The number of nitrogens with zero attached hydrogens (tertiary/aromatic N) is 4. The molecule has 0 aromatic heterocycles. The largest absolute Gasteiger partial charge is 0.345 e. The second kappa shape index (κ2) is 6.72. The standard InChI is InChI=1S/C16H15N5O2/c1-9-4-6-12(7-5-9)18-16(23)19-13-8-10(2)15(22)14(11(13)3)20-21-17/h4-8H,1-3H3,(H,18,23). The fourth-order valence-electron chi connectivity index (χ4n) is 2.04. The van der Waals surface area contributed by atoms with Crippen molar-refractivity contribution < 1.29 is 9.59 Å². The van der Waals surface area contributed by atoms with Crippen molar-refractivity contribution in [1.82, 2.24) is 0 Å². The maximum atomic E-state index is 12.0. The molecule has 0 aliphatic heterocycles. The third-order valence-electron chi connectivity index (χ3n) is 3.34. The fourth-order valence-corrected chi connectivity index (χ4v) is 2.04. The number of azide groups is 1. The molecule has 23 heavy (non-hydrogen) atoms.